The Morgan fingerprint density at radius 3 is 2.76 bits per heavy atom. The first kappa shape index (κ1) is 15.5. The first-order chi connectivity index (χ1) is 9.90. The summed E-state index contributed by atoms with van der Waals surface area (Å²) in [6.07, 6.45) is 4.07. The van der Waals surface area contributed by atoms with Gasteiger partial charge in [0, 0.05) is 6.07 Å². The van der Waals surface area contributed by atoms with Crippen LogP contribution in [0, 0.1) is 5.92 Å². The Labute approximate surface area is 123 Å². The first-order valence-electron chi connectivity index (χ1n) is 7.16. The Hall–Kier alpha value is -1.89. The van der Waals surface area contributed by atoms with Crippen molar-refractivity contribution in [2.75, 3.05) is 18.9 Å². The van der Waals surface area contributed by atoms with Gasteiger partial charge < -0.3 is 10.4 Å². The second-order valence-corrected chi connectivity index (χ2v) is 5.72. The molecule has 2 atom stereocenters. The Bertz CT molecular complexity index is 524. The van der Waals surface area contributed by atoms with Gasteiger partial charge in [-0.25, -0.2) is 4.68 Å². The first-order valence-corrected chi connectivity index (χ1v) is 7.16. The standard InChI is InChI=1S/C14H22N4O3/c1-9(11-4-5-11)18-12(6-7-15-18)16-13(19)8-17(3)10(2)14(20)21/h6-7,9-11H,4-5,8H2,1-3H3,(H,16,19)(H,20,21). The third-order valence-electron chi connectivity index (χ3n) is 4.04. The summed E-state index contributed by atoms with van der Waals surface area (Å²) in [5.41, 5.74) is 0. The molecule has 7 heteroatoms. The summed E-state index contributed by atoms with van der Waals surface area (Å²) >= 11 is 0. The van der Waals surface area contributed by atoms with Gasteiger partial charge in [-0.2, -0.15) is 5.10 Å². The van der Waals surface area contributed by atoms with Crippen molar-refractivity contribution in [2.45, 2.75) is 38.8 Å². The molecule has 1 fully saturated rings. The normalized spacial score (nSPS) is 17.5. The zero-order valence-electron chi connectivity index (χ0n) is 12.6. The Balaban J connectivity index is 1.94. The molecule has 1 saturated carbocycles. The molecular formula is C14H22N4O3. The summed E-state index contributed by atoms with van der Waals surface area (Å²) < 4.78 is 1.83. The number of aromatic nitrogens is 2. The number of nitrogens with one attached hydrogen (secondary N) is 1. The highest BCUT2D eigenvalue weighted by atomic mass is 16.4. The van der Waals surface area contributed by atoms with E-state index < -0.39 is 12.0 Å². The van der Waals surface area contributed by atoms with E-state index in [-0.39, 0.29) is 18.5 Å². The molecule has 1 aromatic rings. The third-order valence-corrected chi connectivity index (χ3v) is 4.04. The predicted octanol–water partition coefficient (Wildman–Crippen LogP) is 1.20. The summed E-state index contributed by atoms with van der Waals surface area (Å²) in [7, 11) is 1.61. The number of amides is 1. The van der Waals surface area contributed by atoms with Gasteiger partial charge in [-0.3, -0.25) is 14.5 Å². The van der Waals surface area contributed by atoms with E-state index in [1.54, 1.807) is 26.2 Å². The number of carboxylic acid groups (broad SMARTS) is 1. The number of aliphatic carboxylic acids is 1. The lowest BCUT2D eigenvalue weighted by Crippen LogP contribution is -2.41. The highest BCUT2D eigenvalue weighted by Gasteiger charge is 2.31. The molecule has 1 amide bonds. The number of carbonyl (C=O) groups is 2. The van der Waals surface area contributed by atoms with Crippen LogP contribution in [0.1, 0.15) is 32.7 Å². The lowest BCUT2D eigenvalue weighted by molar-refractivity contribution is -0.142. The van der Waals surface area contributed by atoms with E-state index in [1.165, 1.54) is 17.7 Å². The average Bonchev–Trinajstić information content (AvgIpc) is 3.17. The van der Waals surface area contributed by atoms with E-state index in [9.17, 15) is 9.59 Å². The van der Waals surface area contributed by atoms with Gasteiger partial charge in [-0.05, 0) is 39.7 Å². The van der Waals surface area contributed by atoms with Gasteiger partial charge >= 0.3 is 5.97 Å². The van der Waals surface area contributed by atoms with Crippen molar-refractivity contribution in [1.29, 1.82) is 0 Å². The van der Waals surface area contributed by atoms with Crippen LogP contribution in [0.15, 0.2) is 12.3 Å². The van der Waals surface area contributed by atoms with Gasteiger partial charge in [-0.15, -0.1) is 0 Å². The number of carboxylic acids is 1. The van der Waals surface area contributed by atoms with Crippen LogP contribution in [0.2, 0.25) is 0 Å². The summed E-state index contributed by atoms with van der Waals surface area (Å²) in [5, 5.41) is 16.0. The van der Waals surface area contributed by atoms with Gasteiger partial charge in [0.25, 0.3) is 0 Å². The van der Waals surface area contributed by atoms with Crippen LogP contribution in [-0.4, -0.2) is 51.3 Å². The molecule has 1 aliphatic rings. The largest absolute Gasteiger partial charge is 0.480 e. The van der Waals surface area contributed by atoms with Crippen LogP contribution in [0.25, 0.3) is 0 Å². The average molecular weight is 294 g/mol. The number of anilines is 1. The highest BCUT2D eigenvalue weighted by molar-refractivity contribution is 5.91. The summed E-state index contributed by atoms with van der Waals surface area (Å²) in [6.45, 7) is 3.67. The zero-order chi connectivity index (χ0) is 15.6. The van der Waals surface area contributed by atoms with E-state index in [0.29, 0.717) is 11.7 Å². The molecule has 21 heavy (non-hydrogen) atoms. The minimum Gasteiger partial charge on any atom is -0.480 e. The number of nitrogens with zero attached hydrogens (tertiary/aromatic N) is 3. The number of hydrogen-bond acceptors (Lipinski definition) is 4. The number of likely N-dealkylation sites (N-methyl/N-ethyl adjacent to an activating group) is 1. The van der Waals surface area contributed by atoms with Gasteiger partial charge in [-0.1, -0.05) is 0 Å². The smallest absolute Gasteiger partial charge is 0.320 e. The van der Waals surface area contributed by atoms with Gasteiger partial charge in [0.05, 0.1) is 18.8 Å². The van der Waals surface area contributed by atoms with E-state index >= 15 is 0 Å². The van der Waals surface area contributed by atoms with Crippen LogP contribution < -0.4 is 5.32 Å². The molecule has 0 radical (unpaired) electrons. The monoisotopic (exact) mass is 294 g/mol. The van der Waals surface area contributed by atoms with Crippen LogP contribution in [-0.2, 0) is 9.59 Å². The fourth-order valence-electron chi connectivity index (χ4n) is 2.25. The van der Waals surface area contributed by atoms with Crippen LogP contribution >= 0.6 is 0 Å². The van der Waals surface area contributed by atoms with Crippen molar-refractivity contribution in [2.24, 2.45) is 5.92 Å². The quantitative estimate of drug-likeness (QED) is 0.789. The second kappa shape index (κ2) is 6.26. The van der Waals surface area contributed by atoms with Crippen molar-refractivity contribution in [3.05, 3.63) is 12.3 Å². The third kappa shape index (κ3) is 3.81. The predicted molar refractivity (Wildman–Crippen MR) is 78.0 cm³/mol. The van der Waals surface area contributed by atoms with Crippen LogP contribution in [0.4, 0.5) is 5.82 Å². The Morgan fingerprint density at radius 2 is 2.19 bits per heavy atom. The molecule has 0 aliphatic heterocycles. The van der Waals surface area contributed by atoms with Crippen molar-refractivity contribution in [1.82, 2.24) is 14.7 Å². The van der Waals surface area contributed by atoms with E-state index in [0.717, 1.165) is 0 Å². The maximum Gasteiger partial charge on any atom is 0.320 e. The molecule has 0 spiro atoms. The van der Waals surface area contributed by atoms with Crippen LogP contribution in [0.5, 0.6) is 0 Å². The highest BCUT2D eigenvalue weighted by Crippen LogP contribution is 2.40. The lowest BCUT2D eigenvalue weighted by atomic mass is 10.2. The maximum absolute atomic E-state index is 12.0. The lowest BCUT2D eigenvalue weighted by Gasteiger charge is -2.21. The van der Waals surface area contributed by atoms with Gasteiger partial charge in [0.2, 0.25) is 5.91 Å². The number of hydrogen-bond donors (Lipinski definition) is 2. The fourth-order valence-corrected chi connectivity index (χ4v) is 2.25. The van der Waals surface area contributed by atoms with E-state index in [4.69, 9.17) is 5.11 Å². The molecule has 1 aromatic heterocycles. The van der Waals surface area contributed by atoms with Crippen molar-refractivity contribution in [3.8, 4) is 0 Å². The fraction of sp³-hybridized carbons (Fsp3) is 0.643. The van der Waals surface area contributed by atoms with Crippen molar-refractivity contribution in [3.63, 3.8) is 0 Å². The maximum atomic E-state index is 12.0. The zero-order valence-corrected chi connectivity index (χ0v) is 12.6. The summed E-state index contributed by atoms with van der Waals surface area (Å²) in [4.78, 5) is 24.4. The molecule has 1 heterocycles. The molecule has 0 aromatic carbocycles. The number of carbonyl (C=O) groups excluding carboxylic acids is 1. The molecule has 2 N–H and O–H groups in total. The van der Waals surface area contributed by atoms with Crippen molar-refractivity contribution < 1.29 is 14.7 Å². The second-order valence-electron chi connectivity index (χ2n) is 5.72. The summed E-state index contributed by atoms with van der Waals surface area (Å²) in [5.74, 6) is 0.110. The van der Waals surface area contributed by atoms with E-state index in [2.05, 4.69) is 17.3 Å². The Morgan fingerprint density at radius 1 is 1.52 bits per heavy atom. The van der Waals surface area contributed by atoms with Gasteiger partial charge in [0.1, 0.15) is 11.9 Å². The molecule has 0 bridgehead atoms. The molecule has 0 saturated heterocycles. The number of rotatable bonds is 7. The molecule has 2 rings (SSSR count). The van der Waals surface area contributed by atoms with Gasteiger partial charge in [0.15, 0.2) is 0 Å². The molecular weight excluding hydrogens is 272 g/mol. The molecule has 116 valence electrons. The molecule has 1 aliphatic carbocycles. The summed E-state index contributed by atoms with van der Waals surface area (Å²) in [6, 6.07) is 1.33. The Kier molecular flexibility index (Phi) is 4.62. The van der Waals surface area contributed by atoms with Crippen molar-refractivity contribution >= 4 is 17.7 Å². The minimum absolute atomic E-state index is 0.0243. The topological polar surface area (TPSA) is 87.5 Å². The SMILES string of the molecule is CC(C(=O)O)N(C)CC(=O)Nc1ccnn1C(C)C1CC1. The molecule has 7 nitrogen and oxygen atoms in total. The minimum atomic E-state index is -0.947. The van der Waals surface area contributed by atoms with Crippen LogP contribution in [0.3, 0.4) is 0 Å². The van der Waals surface area contributed by atoms with E-state index in [1.807, 2.05) is 4.68 Å². The molecule has 2 unspecified atom stereocenters.